The topological polar surface area (TPSA) is 12.0 Å². The maximum absolute atomic E-state index is 3.72. The summed E-state index contributed by atoms with van der Waals surface area (Å²) in [4.78, 5) is 0. The number of hydrogen-bond acceptors (Lipinski definition) is 1. The van der Waals surface area contributed by atoms with Crippen LogP contribution in [0.1, 0.15) is 43.4 Å². The van der Waals surface area contributed by atoms with E-state index in [0.29, 0.717) is 6.04 Å². The molecule has 0 aliphatic heterocycles. The molecule has 0 saturated carbocycles. The number of hydrogen-bond donors (Lipinski definition) is 1. The Labute approximate surface area is 123 Å². The van der Waals surface area contributed by atoms with Gasteiger partial charge in [0.2, 0.25) is 0 Å². The molecule has 0 aromatic heterocycles. The summed E-state index contributed by atoms with van der Waals surface area (Å²) in [6.07, 6.45) is 4.84. The average Bonchev–Trinajstić information content (AvgIpc) is 2.52. The lowest BCUT2D eigenvalue weighted by Crippen LogP contribution is -2.23. The van der Waals surface area contributed by atoms with Gasteiger partial charge < -0.3 is 5.32 Å². The van der Waals surface area contributed by atoms with E-state index in [9.17, 15) is 0 Å². The predicted octanol–water partition coefficient (Wildman–Crippen LogP) is 4.75. The van der Waals surface area contributed by atoms with Gasteiger partial charge in [-0.05, 0) is 30.5 Å². The molecule has 20 heavy (non-hydrogen) atoms. The zero-order chi connectivity index (χ0) is 14.0. The van der Waals surface area contributed by atoms with Crippen LogP contribution in [0.25, 0.3) is 0 Å². The van der Waals surface area contributed by atoms with Crippen LogP contribution in [-0.4, -0.2) is 6.54 Å². The van der Waals surface area contributed by atoms with Gasteiger partial charge in [0.15, 0.2) is 0 Å². The molecule has 2 rings (SSSR count). The van der Waals surface area contributed by atoms with E-state index in [2.05, 4.69) is 72.9 Å². The van der Waals surface area contributed by atoms with E-state index < -0.39 is 0 Å². The van der Waals surface area contributed by atoms with Gasteiger partial charge in [0, 0.05) is 6.04 Å². The molecule has 106 valence electrons. The molecule has 0 aliphatic carbocycles. The van der Waals surface area contributed by atoms with Crippen molar-refractivity contribution in [3.05, 3.63) is 71.8 Å². The zero-order valence-corrected chi connectivity index (χ0v) is 12.4. The Balaban J connectivity index is 1.88. The highest BCUT2D eigenvalue weighted by Crippen LogP contribution is 2.19. The summed E-state index contributed by atoms with van der Waals surface area (Å²) in [6, 6.07) is 22.0. The summed E-state index contributed by atoms with van der Waals surface area (Å²) in [6.45, 7) is 3.29. The number of nitrogens with one attached hydrogen (secondary N) is 1. The van der Waals surface area contributed by atoms with E-state index in [0.717, 1.165) is 13.0 Å². The van der Waals surface area contributed by atoms with Crippen LogP contribution >= 0.6 is 0 Å². The monoisotopic (exact) mass is 267 g/mol. The molecule has 0 spiro atoms. The molecule has 1 nitrogen and oxygen atoms in total. The molecule has 0 amide bonds. The van der Waals surface area contributed by atoms with E-state index in [1.165, 1.54) is 30.4 Å². The van der Waals surface area contributed by atoms with Gasteiger partial charge in [0.1, 0.15) is 0 Å². The SMILES string of the molecule is CCCCC(NCCc1ccccc1)c1ccccc1. The van der Waals surface area contributed by atoms with Crippen LogP contribution in [0.5, 0.6) is 0 Å². The number of unbranched alkanes of at least 4 members (excludes halogenated alkanes) is 1. The molecule has 0 radical (unpaired) electrons. The van der Waals surface area contributed by atoms with Crippen LogP contribution < -0.4 is 5.32 Å². The second-order valence-electron chi connectivity index (χ2n) is 5.30. The molecule has 1 atom stereocenters. The fraction of sp³-hybridized carbons (Fsp3) is 0.368. The van der Waals surface area contributed by atoms with Crippen LogP contribution in [0.4, 0.5) is 0 Å². The molecule has 0 heterocycles. The van der Waals surface area contributed by atoms with Crippen molar-refractivity contribution in [2.75, 3.05) is 6.54 Å². The molecule has 1 heteroatoms. The van der Waals surface area contributed by atoms with Crippen molar-refractivity contribution < 1.29 is 0 Å². The Morgan fingerprint density at radius 3 is 2.20 bits per heavy atom. The molecular weight excluding hydrogens is 242 g/mol. The summed E-state index contributed by atoms with van der Waals surface area (Å²) < 4.78 is 0. The Hall–Kier alpha value is -1.60. The predicted molar refractivity (Wildman–Crippen MR) is 86.9 cm³/mol. The van der Waals surface area contributed by atoms with Crippen molar-refractivity contribution in [2.24, 2.45) is 0 Å². The second-order valence-corrected chi connectivity index (χ2v) is 5.30. The van der Waals surface area contributed by atoms with Crippen molar-refractivity contribution in [3.8, 4) is 0 Å². The number of benzene rings is 2. The largest absolute Gasteiger partial charge is 0.310 e. The third-order valence-electron chi connectivity index (χ3n) is 3.70. The van der Waals surface area contributed by atoms with E-state index in [4.69, 9.17) is 0 Å². The van der Waals surface area contributed by atoms with Crippen molar-refractivity contribution in [3.63, 3.8) is 0 Å². The maximum atomic E-state index is 3.72. The first kappa shape index (κ1) is 14.8. The highest BCUT2D eigenvalue weighted by atomic mass is 14.9. The van der Waals surface area contributed by atoms with E-state index in [1.807, 2.05) is 0 Å². The first-order chi connectivity index (χ1) is 9.90. The standard InChI is InChI=1S/C19H25N/c1-2-3-14-19(18-12-8-5-9-13-18)20-16-15-17-10-6-4-7-11-17/h4-13,19-20H,2-3,14-16H2,1H3. The van der Waals surface area contributed by atoms with E-state index in [-0.39, 0.29) is 0 Å². The number of rotatable bonds is 8. The van der Waals surface area contributed by atoms with E-state index >= 15 is 0 Å². The summed E-state index contributed by atoms with van der Waals surface area (Å²) >= 11 is 0. The minimum Gasteiger partial charge on any atom is -0.310 e. The van der Waals surface area contributed by atoms with Gasteiger partial charge in [-0.15, -0.1) is 0 Å². The Morgan fingerprint density at radius 1 is 0.900 bits per heavy atom. The van der Waals surface area contributed by atoms with Crippen molar-refractivity contribution in [1.29, 1.82) is 0 Å². The molecule has 1 N–H and O–H groups in total. The first-order valence-corrected chi connectivity index (χ1v) is 7.72. The lowest BCUT2D eigenvalue weighted by Gasteiger charge is -2.19. The van der Waals surface area contributed by atoms with Crippen LogP contribution in [0.3, 0.4) is 0 Å². The van der Waals surface area contributed by atoms with Gasteiger partial charge in [0.25, 0.3) is 0 Å². The Bertz CT molecular complexity index is 464. The Kier molecular flexibility index (Phi) is 6.33. The molecule has 2 aromatic carbocycles. The molecule has 1 unspecified atom stereocenters. The van der Waals surface area contributed by atoms with Gasteiger partial charge in [-0.3, -0.25) is 0 Å². The minimum atomic E-state index is 0.486. The van der Waals surface area contributed by atoms with Gasteiger partial charge >= 0.3 is 0 Å². The fourth-order valence-electron chi connectivity index (χ4n) is 2.52. The molecule has 2 aromatic rings. The molecule has 0 saturated heterocycles. The van der Waals surface area contributed by atoms with Crippen molar-refractivity contribution in [2.45, 2.75) is 38.6 Å². The van der Waals surface area contributed by atoms with Gasteiger partial charge in [-0.25, -0.2) is 0 Å². The van der Waals surface area contributed by atoms with Gasteiger partial charge in [0.05, 0.1) is 0 Å². The van der Waals surface area contributed by atoms with Crippen molar-refractivity contribution >= 4 is 0 Å². The minimum absolute atomic E-state index is 0.486. The van der Waals surface area contributed by atoms with Gasteiger partial charge in [-0.2, -0.15) is 0 Å². The van der Waals surface area contributed by atoms with Crippen LogP contribution in [0.2, 0.25) is 0 Å². The maximum Gasteiger partial charge on any atom is 0.0320 e. The van der Waals surface area contributed by atoms with Crippen LogP contribution in [0.15, 0.2) is 60.7 Å². The fourth-order valence-corrected chi connectivity index (χ4v) is 2.52. The normalized spacial score (nSPS) is 12.2. The average molecular weight is 267 g/mol. The third-order valence-corrected chi connectivity index (χ3v) is 3.70. The zero-order valence-electron chi connectivity index (χ0n) is 12.4. The van der Waals surface area contributed by atoms with Crippen LogP contribution in [-0.2, 0) is 6.42 Å². The molecule has 0 fully saturated rings. The summed E-state index contributed by atoms with van der Waals surface area (Å²) in [5.74, 6) is 0. The third kappa shape index (κ3) is 4.82. The quantitative estimate of drug-likeness (QED) is 0.727. The lowest BCUT2D eigenvalue weighted by atomic mass is 10.0. The lowest BCUT2D eigenvalue weighted by molar-refractivity contribution is 0.484. The van der Waals surface area contributed by atoms with Gasteiger partial charge in [-0.1, -0.05) is 80.4 Å². The Morgan fingerprint density at radius 2 is 1.55 bits per heavy atom. The molecular formula is C19H25N. The summed E-state index contributed by atoms with van der Waals surface area (Å²) in [7, 11) is 0. The van der Waals surface area contributed by atoms with E-state index in [1.54, 1.807) is 0 Å². The summed E-state index contributed by atoms with van der Waals surface area (Å²) in [5.41, 5.74) is 2.82. The highest BCUT2D eigenvalue weighted by Gasteiger charge is 2.09. The summed E-state index contributed by atoms with van der Waals surface area (Å²) in [5, 5.41) is 3.72. The molecule has 0 aliphatic rings. The molecule has 0 bridgehead atoms. The van der Waals surface area contributed by atoms with Crippen LogP contribution in [0, 0.1) is 0 Å². The van der Waals surface area contributed by atoms with Crippen molar-refractivity contribution in [1.82, 2.24) is 5.32 Å². The smallest absolute Gasteiger partial charge is 0.0320 e. The highest BCUT2D eigenvalue weighted by molar-refractivity contribution is 5.19. The second kappa shape index (κ2) is 8.55. The first-order valence-electron chi connectivity index (χ1n) is 7.72.